The average Bonchev–Trinajstić information content (AvgIpc) is 3.62. The van der Waals surface area contributed by atoms with E-state index in [0.717, 1.165) is 60.6 Å². The van der Waals surface area contributed by atoms with Crippen molar-refractivity contribution >= 4 is 65.2 Å². The summed E-state index contributed by atoms with van der Waals surface area (Å²) in [6.45, 7) is 0. The fraction of sp³-hybridized carbons (Fsp3) is 0. The summed E-state index contributed by atoms with van der Waals surface area (Å²) >= 11 is 0. The zero-order valence-corrected chi connectivity index (χ0v) is 28.8. The quantitative estimate of drug-likeness (QED) is 0.174. The zero-order chi connectivity index (χ0) is 34.9. The smallest absolute Gasteiger partial charge is 0.136 e. The predicted octanol–water partition coefficient (Wildman–Crippen LogP) is 14.3. The molecule has 0 atom stereocenters. The first-order chi connectivity index (χ1) is 26.3. The molecule has 0 bridgehead atoms. The lowest BCUT2D eigenvalue weighted by Gasteiger charge is -2.17. The maximum atomic E-state index is 6.43. The lowest BCUT2D eigenvalue weighted by atomic mass is 9.87. The van der Waals surface area contributed by atoms with Gasteiger partial charge in [0, 0.05) is 38.1 Å². The van der Waals surface area contributed by atoms with E-state index >= 15 is 0 Å². The molecule has 0 fully saturated rings. The Labute approximate surface area is 306 Å². The second kappa shape index (κ2) is 11.8. The van der Waals surface area contributed by atoms with Gasteiger partial charge in [-0.2, -0.15) is 0 Å². The molecule has 2 heteroatoms. The summed E-state index contributed by atoms with van der Waals surface area (Å²) in [6.07, 6.45) is 0. The molecule has 11 rings (SSSR count). The third-order valence-corrected chi connectivity index (χ3v) is 10.9. The van der Waals surface area contributed by atoms with Gasteiger partial charge in [-0.1, -0.05) is 170 Å². The van der Waals surface area contributed by atoms with E-state index in [1.807, 2.05) is 6.07 Å². The van der Waals surface area contributed by atoms with Gasteiger partial charge >= 0.3 is 0 Å². The molecule has 53 heavy (non-hydrogen) atoms. The second-order valence-electron chi connectivity index (χ2n) is 13.8. The maximum Gasteiger partial charge on any atom is 0.136 e. The van der Waals surface area contributed by atoms with Crippen molar-refractivity contribution in [3.63, 3.8) is 0 Å². The number of para-hydroxylation sites is 2. The van der Waals surface area contributed by atoms with Gasteiger partial charge in [-0.3, -0.25) is 0 Å². The Hall–Kier alpha value is -7.03. The molecule has 2 aromatic heterocycles. The molecule has 9 aromatic carbocycles. The number of furan rings is 1. The summed E-state index contributed by atoms with van der Waals surface area (Å²) in [5, 5.41) is 10.6. The van der Waals surface area contributed by atoms with E-state index in [9.17, 15) is 0 Å². The normalized spacial score (nSPS) is 11.8. The van der Waals surface area contributed by atoms with Crippen LogP contribution in [-0.4, -0.2) is 4.98 Å². The van der Waals surface area contributed by atoms with Gasteiger partial charge in [-0.15, -0.1) is 0 Å². The highest BCUT2D eigenvalue weighted by atomic mass is 16.3. The fourth-order valence-electron chi connectivity index (χ4n) is 8.54. The topological polar surface area (TPSA) is 26.0 Å². The van der Waals surface area contributed by atoms with Crippen LogP contribution in [0.25, 0.3) is 110 Å². The highest BCUT2D eigenvalue weighted by molar-refractivity contribution is 6.29. The molecule has 0 radical (unpaired) electrons. The number of fused-ring (bicyclic) bond motifs is 9. The van der Waals surface area contributed by atoms with Crippen molar-refractivity contribution in [2.45, 2.75) is 0 Å². The summed E-state index contributed by atoms with van der Waals surface area (Å²) in [7, 11) is 0. The standard InChI is InChI=1S/C51H31NO/c1-3-14-32(15-4-1)34-26-27-39(36-19-8-7-18-35(34)36)40-28-29-41(38-21-10-9-20-37(38)40)42-23-13-24-44-48-45(50(52-51(42)44)33-16-5-2-6-17-33)30-31-47-49(48)43-22-11-12-25-46(43)53-47/h1-31H. The van der Waals surface area contributed by atoms with E-state index in [1.54, 1.807) is 0 Å². The molecule has 0 saturated heterocycles. The van der Waals surface area contributed by atoms with Gasteiger partial charge in [0.05, 0.1) is 11.2 Å². The Morgan fingerprint density at radius 1 is 0.283 bits per heavy atom. The van der Waals surface area contributed by atoms with Crippen molar-refractivity contribution in [3.8, 4) is 44.6 Å². The lowest BCUT2D eigenvalue weighted by Crippen LogP contribution is -1.94. The predicted molar refractivity (Wildman–Crippen MR) is 223 cm³/mol. The van der Waals surface area contributed by atoms with E-state index in [1.165, 1.54) is 49.2 Å². The molecule has 0 aliphatic rings. The second-order valence-corrected chi connectivity index (χ2v) is 13.8. The number of hydrogen-bond acceptors (Lipinski definition) is 2. The molecular formula is C51H31NO. The third-order valence-electron chi connectivity index (χ3n) is 10.9. The van der Waals surface area contributed by atoms with Crippen LogP contribution in [0.1, 0.15) is 0 Å². The highest BCUT2D eigenvalue weighted by Gasteiger charge is 2.20. The van der Waals surface area contributed by atoms with Crippen LogP contribution in [0, 0.1) is 0 Å². The molecule has 0 saturated carbocycles. The van der Waals surface area contributed by atoms with Crippen LogP contribution >= 0.6 is 0 Å². The summed E-state index contributed by atoms with van der Waals surface area (Å²) in [6, 6.07) is 67.3. The van der Waals surface area contributed by atoms with Crippen LogP contribution in [0.4, 0.5) is 0 Å². The minimum atomic E-state index is 0.885. The Bertz CT molecular complexity index is 3210. The first kappa shape index (κ1) is 29.7. The van der Waals surface area contributed by atoms with Crippen LogP contribution in [0.15, 0.2) is 192 Å². The molecule has 0 spiro atoms. The number of aromatic nitrogens is 1. The average molecular weight is 674 g/mol. The molecule has 0 unspecified atom stereocenters. The first-order valence-electron chi connectivity index (χ1n) is 18.1. The van der Waals surface area contributed by atoms with Gasteiger partial charge in [0.1, 0.15) is 11.2 Å². The molecule has 0 N–H and O–H groups in total. The minimum absolute atomic E-state index is 0.885. The van der Waals surface area contributed by atoms with E-state index in [2.05, 4.69) is 182 Å². The maximum absolute atomic E-state index is 6.43. The summed E-state index contributed by atoms with van der Waals surface area (Å²) in [5.41, 5.74) is 12.0. The van der Waals surface area contributed by atoms with Crippen molar-refractivity contribution < 1.29 is 4.42 Å². The van der Waals surface area contributed by atoms with Gasteiger partial charge in [0.25, 0.3) is 0 Å². The Morgan fingerprint density at radius 2 is 0.792 bits per heavy atom. The molecular weight excluding hydrogens is 643 g/mol. The number of hydrogen-bond donors (Lipinski definition) is 0. The van der Waals surface area contributed by atoms with E-state index in [-0.39, 0.29) is 0 Å². The van der Waals surface area contributed by atoms with Crippen molar-refractivity contribution in [2.24, 2.45) is 0 Å². The largest absolute Gasteiger partial charge is 0.456 e. The van der Waals surface area contributed by atoms with Gasteiger partial charge in [-0.25, -0.2) is 4.98 Å². The molecule has 2 nitrogen and oxygen atoms in total. The van der Waals surface area contributed by atoms with Crippen LogP contribution in [0.3, 0.4) is 0 Å². The third kappa shape index (κ3) is 4.56. The van der Waals surface area contributed by atoms with Crippen molar-refractivity contribution in [1.82, 2.24) is 4.98 Å². The Morgan fingerprint density at radius 3 is 1.45 bits per heavy atom. The molecule has 0 amide bonds. The highest BCUT2D eigenvalue weighted by Crippen LogP contribution is 2.45. The first-order valence-corrected chi connectivity index (χ1v) is 18.1. The minimum Gasteiger partial charge on any atom is -0.456 e. The Balaban J connectivity index is 1.20. The van der Waals surface area contributed by atoms with Crippen molar-refractivity contribution in [2.75, 3.05) is 0 Å². The van der Waals surface area contributed by atoms with Gasteiger partial charge in [0.2, 0.25) is 0 Å². The summed E-state index contributed by atoms with van der Waals surface area (Å²) in [5.74, 6) is 0. The number of rotatable bonds is 4. The molecule has 246 valence electrons. The molecule has 0 aliphatic heterocycles. The number of benzene rings is 9. The zero-order valence-electron chi connectivity index (χ0n) is 28.8. The van der Waals surface area contributed by atoms with Crippen molar-refractivity contribution in [3.05, 3.63) is 188 Å². The van der Waals surface area contributed by atoms with Crippen LogP contribution in [0.2, 0.25) is 0 Å². The number of pyridine rings is 1. The van der Waals surface area contributed by atoms with Crippen molar-refractivity contribution in [1.29, 1.82) is 0 Å². The lowest BCUT2D eigenvalue weighted by molar-refractivity contribution is 0.669. The Kier molecular flexibility index (Phi) is 6.59. The SMILES string of the molecule is c1ccc(-c2ccc(-c3ccc(-c4cccc5c4nc(-c4ccccc4)c4ccc6oc7ccccc7c6c45)c4ccccc34)c3ccccc23)cc1. The van der Waals surface area contributed by atoms with Crippen LogP contribution in [-0.2, 0) is 0 Å². The van der Waals surface area contributed by atoms with Gasteiger partial charge in [-0.05, 0) is 67.6 Å². The van der Waals surface area contributed by atoms with Gasteiger partial charge < -0.3 is 4.42 Å². The van der Waals surface area contributed by atoms with Crippen LogP contribution < -0.4 is 0 Å². The van der Waals surface area contributed by atoms with E-state index in [4.69, 9.17) is 9.40 Å². The molecule has 11 aromatic rings. The monoisotopic (exact) mass is 673 g/mol. The summed E-state index contributed by atoms with van der Waals surface area (Å²) < 4.78 is 6.43. The molecule has 2 heterocycles. The fourth-order valence-corrected chi connectivity index (χ4v) is 8.54. The van der Waals surface area contributed by atoms with E-state index in [0.29, 0.717) is 0 Å². The molecule has 0 aliphatic carbocycles. The number of nitrogens with zero attached hydrogens (tertiary/aromatic N) is 1. The van der Waals surface area contributed by atoms with Gasteiger partial charge in [0.15, 0.2) is 0 Å². The summed E-state index contributed by atoms with van der Waals surface area (Å²) in [4.78, 5) is 5.56. The van der Waals surface area contributed by atoms with Crippen LogP contribution in [0.5, 0.6) is 0 Å². The van der Waals surface area contributed by atoms with E-state index < -0.39 is 0 Å².